The van der Waals surface area contributed by atoms with E-state index >= 15 is 0 Å². The van der Waals surface area contributed by atoms with Gasteiger partial charge in [-0.1, -0.05) is 23.5 Å². The minimum Gasteiger partial charge on any atom is -0.444 e. The largest absolute Gasteiger partial charge is 0.444 e. The van der Waals surface area contributed by atoms with Crippen LogP contribution in [0.5, 0.6) is 0 Å². The lowest BCUT2D eigenvalue weighted by atomic mass is 10.2. The molecule has 0 aliphatic heterocycles. The summed E-state index contributed by atoms with van der Waals surface area (Å²) in [5.41, 5.74) is 0.312. The molecule has 0 radical (unpaired) electrons. The molecule has 0 aliphatic rings. The maximum absolute atomic E-state index is 12.0. The van der Waals surface area contributed by atoms with Gasteiger partial charge in [0.2, 0.25) is 0 Å². The van der Waals surface area contributed by atoms with Crippen LogP contribution in [0.2, 0.25) is 0 Å². The van der Waals surface area contributed by atoms with E-state index in [1.807, 2.05) is 52.0 Å². The Kier molecular flexibility index (Phi) is 6.19. The third kappa shape index (κ3) is 5.90. The summed E-state index contributed by atoms with van der Waals surface area (Å²) < 4.78 is 6.34. The normalized spacial score (nSPS) is 11.2. The number of fused-ring (bicyclic) bond motifs is 1. The highest BCUT2D eigenvalue weighted by Crippen LogP contribution is 2.25. The Morgan fingerprint density at radius 3 is 2.64 bits per heavy atom. The summed E-state index contributed by atoms with van der Waals surface area (Å²) in [6.45, 7) is 8.54. The summed E-state index contributed by atoms with van der Waals surface area (Å²) in [6, 6.07) is 7.34. The highest BCUT2D eigenvalue weighted by Gasteiger charge is 2.20. The van der Waals surface area contributed by atoms with Gasteiger partial charge in [0.25, 0.3) is 0 Å². The SMILES string of the molecule is CCN(CCNC(=O)Nc1nc2ccccc2s1)C(=O)OC(C)(C)C. The molecular formula is C17H24N4O3S. The minimum atomic E-state index is -0.540. The van der Waals surface area contributed by atoms with E-state index in [9.17, 15) is 9.59 Å². The number of likely N-dealkylation sites (N-methyl/N-ethyl adjacent to an activating group) is 1. The number of carbonyl (C=O) groups excluding carboxylic acids is 2. The smallest absolute Gasteiger partial charge is 0.410 e. The molecule has 1 heterocycles. The number of para-hydroxylation sites is 1. The van der Waals surface area contributed by atoms with Crippen LogP contribution in [0.4, 0.5) is 14.7 Å². The second-order valence-corrected chi connectivity index (χ2v) is 7.46. The monoisotopic (exact) mass is 364 g/mol. The van der Waals surface area contributed by atoms with E-state index in [4.69, 9.17) is 4.74 Å². The Bertz CT molecular complexity index is 706. The molecule has 0 saturated heterocycles. The Balaban J connectivity index is 1.79. The molecule has 25 heavy (non-hydrogen) atoms. The van der Waals surface area contributed by atoms with Crippen molar-refractivity contribution >= 4 is 38.8 Å². The molecule has 8 heteroatoms. The number of carbonyl (C=O) groups is 2. The predicted octanol–water partition coefficient (Wildman–Crippen LogP) is 3.67. The van der Waals surface area contributed by atoms with Gasteiger partial charge >= 0.3 is 12.1 Å². The second-order valence-electron chi connectivity index (χ2n) is 6.43. The first-order chi connectivity index (χ1) is 11.8. The van der Waals surface area contributed by atoms with Crippen LogP contribution < -0.4 is 10.6 Å². The lowest BCUT2D eigenvalue weighted by molar-refractivity contribution is 0.0263. The minimum absolute atomic E-state index is 0.323. The molecular weight excluding hydrogens is 340 g/mol. The van der Waals surface area contributed by atoms with Crippen molar-refractivity contribution in [3.05, 3.63) is 24.3 Å². The van der Waals surface area contributed by atoms with Crippen LogP contribution in [-0.2, 0) is 4.74 Å². The molecule has 1 aromatic heterocycles. The fraction of sp³-hybridized carbons (Fsp3) is 0.471. The van der Waals surface area contributed by atoms with Crippen LogP contribution >= 0.6 is 11.3 Å². The molecule has 2 N–H and O–H groups in total. The molecule has 0 bridgehead atoms. The fourth-order valence-corrected chi connectivity index (χ4v) is 2.94. The highest BCUT2D eigenvalue weighted by atomic mass is 32.1. The standard InChI is InChI=1S/C17H24N4O3S/c1-5-21(16(23)24-17(2,3)4)11-10-18-14(22)20-15-19-12-8-6-7-9-13(12)25-15/h6-9H,5,10-11H2,1-4H3,(H2,18,19,20,22). The Morgan fingerprint density at radius 1 is 1.28 bits per heavy atom. The molecule has 0 saturated carbocycles. The van der Waals surface area contributed by atoms with Crippen molar-refractivity contribution in [3.63, 3.8) is 0 Å². The summed E-state index contributed by atoms with van der Waals surface area (Å²) >= 11 is 1.41. The first-order valence-corrected chi connectivity index (χ1v) is 8.98. The average molecular weight is 364 g/mol. The van der Waals surface area contributed by atoms with Gasteiger partial charge in [-0.25, -0.2) is 14.6 Å². The van der Waals surface area contributed by atoms with Crippen molar-refractivity contribution in [1.29, 1.82) is 0 Å². The van der Waals surface area contributed by atoms with Gasteiger partial charge in [-0.2, -0.15) is 0 Å². The summed E-state index contributed by atoms with van der Waals surface area (Å²) in [5.74, 6) is 0. The van der Waals surface area contributed by atoms with Crippen molar-refractivity contribution in [2.75, 3.05) is 25.0 Å². The van der Waals surface area contributed by atoms with Crippen LogP contribution in [-0.4, -0.2) is 47.2 Å². The third-order valence-electron chi connectivity index (χ3n) is 3.22. The number of nitrogens with one attached hydrogen (secondary N) is 2. The van der Waals surface area contributed by atoms with Crippen LogP contribution in [0.1, 0.15) is 27.7 Å². The van der Waals surface area contributed by atoms with E-state index < -0.39 is 5.60 Å². The first-order valence-electron chi connectivity index (χ1n) is 8.17. The quantitative estimate of drug-likeness (QED) is 0.848. The molecule has 0 atom stereocenters. The van der Waals surface area contributed by atoms with Gasteiger partial charge in [0.1, 0.15) is 5.60 Å². The van der Waals surface area contributed by atoms with Crippen molar-refractivity contribution in [2.24, 2.45) is 0 Å². The van der Waals surface area contributed by atoms with Crippen LogP contribution in [0, 0.1) is 0 Å². The van der Waals surface area contributed by atoms with Gasteiger partial charge in [0.15, 0.2) is 5.13 Å². The average Bonchev–Trinajstić information content (AvgIpc) is 2.91. The number of hydrogen-bond donors (Lipinski definition) is 2. The Hall–Kier alpha value is -2.35. The van der Waals surface area contributed by atoms with E-state index in [1.165, 1.54) is 11.3 Å². The lowest BCUT2D eigenvalue weighted by Crippen LogP contribution is -2.42. The van der Waals surface area contributed by atoms with E-state index in [-0.39, 0.29) is 12.1 Å². The maximum atomic E-state index is 12.0. The topological polar surface area (TPSA) is 83.6 Å². The third-order valence-corrected chi connectivity index (χ3v) is 4.17. The number of benzene rings is 1. The molecule has 0 fully saturated rings. The first kappa shape index (κ1) is 19.0. The Morgan fingerprint density at radius 2 is 2.00 bits per heavy atom. The zero-order chi connectivity index (χ0) is 18.4. The number of nitrogens with zero attached hydrogens (tertiary/aromatic N) is 2. The maximum Gasteiger partial charge on any atom is 0.410 e. The molecule has 3 amide bonds. The van der Waals surface area contributed by atoms with E-state index in [1.54, 1.807) is 4.90 Å². The molecule has 0 spiro atoms. The number of ether oxygens (including phenoxy) is 1. The summed E-state index contributed by atoms with van der Waals surface area (Å²) in [6.07, 6.45) is -0.386. The van der Waals surface area contributed by atoms with Gasteiger partial charge in [-0.15, -0.1) is 0 Å². The van der Waals surface area contributed by atoms with Gasteiger partial charge in [-0.3, -0.25) is 5.32 Å². The summed E-state index contributed by atoms with van der Waals surface area (Å²) in [5, 5.41) is 5.98. The molecule has 0 unspecified atom stereocenters. The van der Waals surface area contributed by atoms with Gasteiger partial charge < -0.3 is 15.0 Å². The molecule has 2 aromatic rings. The number of rotatable bonds is 5. The van der Waals surface area contributed by atoms with E-state index in [2.05, 4.69) is 15.6 Å². The Labute approximate surface area is 151 Å². The fourth-order valence-electron chi connectivity index (χ4n) is 2.08. The molecule has 1 aromatic carbocycles. The zero-order valence-electron chi connectivity index (χ0n) is 15.0. The van der Waals surface area contributed by atoms with Crippen LogP contribution in [0.3, 0.4) is 0 Å². The molecule has 2 rings (SSSR count). The number of thiazole rings is 1. The highest BCUT2D eigenvalue weighted by molar-refractivity contribution is 7.22. The molecule has 0 aliphatic carbocycles. The number of anilines is 1. The van der Waals surface area contributed by atoms with Crippen molar-refractivity contribution in [2.45, 2.75) is 33.3 Å². The molecule has 136 valence electrons. The van der Waals surface area contributed by atoms with Gasteiger partial charge in [-0.05, 0) is 39.8 Å². The number of urea groups is 1. The van der Waals surface area contributed by atoms with E-state index in [0.29, 0.717) is 24.8 Å². The molecule has 7 nitrogen and oxygen atoms in total. The predicted molar refractivity (Wildman–Crippen MR) is 100 cm³/mol. The van der Waals surface area contributed by atoms with Crippen LogP contribution in [0.25, 0.3) is 10.2 Å². The number of hydrogen-bond acceptors (Lipinski definition) is 5. The lowest BCUT2D eigenvalue weighted by Gasteiger charge is -2.26. The number of amides is 3. The van der Waals surface area contributed by atoms with E-state index in [0.717, 1.165) is 10.2 Å². The van der Waals surface area contributed by atoms with Crippen molar-refractivity contribution in [3.8, 4) is 0 Å². The van der Waals surface area contributed by atoms with Crippen LogP contribution in [0.15, 0.2) is 24.3 Å². The summed E-state index contributed by atoms with van der Waals surface area (Å²) in [4.78, 5) is 29.9. The zero-order valence-corrected chi connectivity index (χ0v) is 15.8. The van der Waals surface area contributed by atoms with Crippen molar-refractivity contribution in [1.82, 2.24) is 15.2 Å². The number of aromatic nitrogens is 1. The summed E-state index contributed by atoms with van der Waals surface area (Å²) in [7, 11) is 0. The van der Waals surface area contributed by atoms with Gasteiger partial charge in [0.05, 0.1) is 10.2 Å². The second kappa shape index (κ2) is 8.15. The van der Waals surface area contributed by atoms with Crippen molar-refractivity contribution < 1.29 is 14.3 Å². The van der Waals surface area contributed by atoms with Gasteiger partial charge in [0, 0.05) is 19.6 Å².